The Labute approximate surface area is 123 Å². The Balaban J connectivity index is 2.23. The lowest BCUT2D eigenvalue weighted by molar-refractivity contribution is 0.406. The van der Waals surface area contributed by atoms with Crippen molar-refractivity contribution in [2.24, 2.45) is 0 Å². The SMILES string of the molecule is CNCc1cc(F)c(Oc2ccc(C(C)C)cc2)c(F)c1. The number of hydrogen-bond donors (Lipinski definition) is 1. The highest BCUT2D eigenvalue weighted by Crippen LogP contribution is 2.29. The zero-order chi connectivity index (χ0) is 15.4. The van der Waals surface area contributed by atoms with Gasteiger partial charge in [-0.05, 0) is 48.4 Å². The number of nitrogens with one attached hydrogen (secondary N) is 1. The van der Waals surface area contributed by atoms with Crippen LogP contribution in [0.4, 0.5) is 8.78 Å². The molecule has 1 N–H and O–H groups in total. The molecule has 0 atom stereocenters. The van der Waals surface area contributed by atoms with E-state index in [-0.39, 0.29) is 5.75 Å². The number of rotatable bonds is 5. The summed E-state index contributed by atoms with van der Waals surface area (Å²) in [5, 5.41) is 2.85. The maximum atomic E-state index is 13.9. The van der Waals surface area contributed by atoms with Gasteiger partial charge in [0.25, 0.3) is 0 Å². The van der Waals surface area contributed by atoms with E-state index in [0.29, 0.717) is 23.8 Å². The first kappa shape index (κ1) is 15.4. The van der Waals surface area contributed by atoms with Gasteiger partial charge < -0.3 is 10.1 Å². The van der Waals surface area contributed by atoms with E-state index in [4.69, 9.17) is 4.74 Å². The van der Waals surface area contributed by atoms with E-state index in [1.807, 2.05) is 12.1 Å². The molecule has 0 bridgehead atoms. The summed E-state index contributed by atoms with van der Waals surface area (Å²) in [6, 6.07) is 9.77. The highest BCUT2D eigenvalue weighted by atomic mass is 19.1. The molecule has 21 heavy (non-hydrogen) atoms. The molecule has 0 spiro atoms. The van der Waals surface area contributed by atoms with Gasteiger partial charge in [-0.15, -0.1) is 0 Å². The number of halogens is 2. The topological polar surface area (TPSA) is 21.3 Å². The lowest BCUT2D eigenvalue weighted by atomic mass is 10.0. The molecular formula is C17H19F2NO. The molecule has 0 fully saturated rings. The van der Waals surface area contributed by atoms with Gasteiger partial charge >= 0.3 is 0 Å². The quantitative estimate of drug-likeness (QED) is 0.869. The van der Waals surface area contributed by atoms with Crippen LogP contribution < -0.4 is 10.1 Å². The van der Waals surface area contributed by atoms with Crippen molar-refractivity contribution < 1.29 is 13.5 Å². The van der Waals surface area contributed by atoms with E-state index in [0.717, 1.165) is 5.56 Å². The molecule has 0 saturated heterocycles. The first-order valence-electron chi connectivity index (χ1n) is 6.91. The number of ether oxygens (including phenoxy) is 1. The fourth-order valence-corrected chi connectivity index (χ4v) is 2.05. The van der Waals surface area contributed by atoms with E-state index in [1.54, 1.807) is 19.2 Å². The van der Waals surface area contributed by atoms with Crippen LogP contribution in [0.5, 0.6) is 11.5 Å². The molecule has 0 saturated carbocycles. The van der Waals surface area contributed by atoms with Gasteiger partial charge in [-0.3, -0.25) is 0 Å². The molecule has 0 amide bonds. The molecule has 0 aliphatic rings. The summed E-state index contributed by atoms with van der Waals surface area (Å²) in [6.07, 6.45) is 0. The summed E-state index contributed by atoms with van der Waals surface area (Å²) in [5.74, 6) is -0.958. The molecule has 2 nitrogen and oxygen atoms in total. The summed E-state index contributed by atoms with van der Waals surface area (Å²) in [5.41, 5.74) is 1.68. The van der Waals surface area contributed by atoms with Gasteiger partial charge in [-0.25, -0.2) is 8.78 Å². The Morgan fingerprint density at radius 3 is 2.10 bits per heavy atom. The number of benzene rings is 2. The van der Waals surface area contributed by atoms with Gasteiger partial charge in [-0.1, -0.05) is 26.0 Å². The van der Waals surface area contributed by atoms with E-state index >= 15 is 0 Å². The average molecular weight is 291 g/mol. The molecule has 4 heteroatoms. The van der Waals surface area contributed by atoms with Crippen molar-refractivity contribution in [3.05, 3.63) is 59.2 Å². The van der Waals surface area contributed by atoms with Crippen molar-refractivity contribution in [2.45, 2.75) is 26.3 Å². The van der Waals surface area contributed by atoms with Crippen molar-refractivity contribution in [2.75, 3.05) is 7.05 Å². The second-order valence-corrected chi connectivity index (χ2v) is 5.24. The first-order valence-corrected chi connectivity index (χ1v) is 6.91. The lowest BCUT2D eigenvalue weighted by Gasteiger charge is -2.11. The normalized spacial score (nSPS) is 11.0. The van der Waals surface area contributed by atoms with Crippen molar-refractivity contribution in [3.63, 3.8) is 0 Å². The predicted octanol–water partition coefficient (Wildman–Crippen LogP) is 4.60. The second-order valence-electron chi connectivity index (χ2n) is 5.24. The van der Waals surface area contributed by atoms with Crippen molar-refractivity contribution in [1.82, 2.24) is 5.32 Å². The lowest BCUT2D eigenvalue weighted by Crippen LogP contribution is -2.06. The van der Waals surface area contributed by atoms with Gasteiger partial charge in [-0.2, -0.15) is 0 Å². The van der Waals surface area contributed by atoms with Crippen LogP contribution in [0.15, 0.2) is 36.4 Å². The molecule has 0 unspecified atom stereocenters. The highest BCUT2D eigenvalue weighted by Gasteiger charge is 2.13. The van der Waals surface area contributed by atoms with Gasteiger partial charge in [0.15, 0.2) is 17.4 Å². The summed E-state index contributed by atoms with van der Waals surface area (Å²) in [4.78, 5) is 0. The van der Waals surface area contributed by atoms with E-state index in [1.165, 1.54) is 12.1 Å². The molecule has 2 aromatic carbocycles. The monoisotopic (exact) mass is 291 g/mol. The third-order valence-electron chi connectivity index (χ3n) is 3.21. The Morgan fingerprint density at radius 2 is 1.62 bits per heavy atom. The Kier molecular flexibility index (Phi) is 4.91. The van der Waals surface area contributed by atoms with E-state index < -0.39 is 11.6 Å². The van der Waals surface area contributed by atoms with Crippen LogP contribution >= 0.6 is 0 Å². The Bertz CT molecular complexity index is 586. The smallest absolute Gasteiger partial charge is 0.198 e. The molecule has 2 aromatic rings. The molecule has 0 aliphatic carbocycles. The molecule has 0 aromatic heterocycles. The molecule has 0 heterocycles. The minimum atomic E-state index is -0.701. The van der Waals surface area contributed by atoms with Crippen LogP contribution in [0.2, 0.25) is 0 Å². The van der Waals surface area contributed by atoms with Crippen LogP contribution in [0.3, 0.4) is 0 Å². The van der Waals surface area contributed by atoms with E-state index in [9.17, 15) is 8.78 Å². The zero-order valence-electron chi connectivity index (χ0n) is 12.4. The van der Waals surface area contributed by atoms with Crippen LogP contribution in [0.1, 0.15) is 30.9 Å². The fraction of sp³-hybridized carbons (Fsp3) is 0.294. The average Bonchev–Trinajstić information content (AvgIpc) is 2.44. The molecule has 112 valence electrons. The van der Waals surface area contributed by atoms with Gasteiger partial charge in [0.05, 0.1) is 0 Å². The van der Waals surface area contributed by atoms with Crippen LogP contribution in [0.25, 0.3) is 0 Å². The number of hydrogen-bond acceptors (Lipinski definition) is 2. The molecular weight excluding hydrogens is 272 g/mol. The summed E-state index contributed by atoms with van der Waals surface area (Å²) >= 11 is 0. The maximum absolute atomic E-state index is 13.9. The third kappa shape index (κ3) is 3.79. The maximum Gasteiger partial charge on any atom is 0.198 e. The van der Waals surface area contributed by atoms with Gasteiger partial charge in [0.2, 0.25) is 0 Å². The predicted molar refractivity (Wildman–Crippen MR) is 79.7 cm³/mol. The standard InChI is InChI=1S/C17H19F2NO/c1-11(2)13-4-6-14(7-5-13)21-17-15(18)8-12(10-20-3)9-16(17)19/h4-9,11,20H,10H2,1-3H3. The third-order valence-corrected chi connectivity index (χ3v) is 3.21. The van der Waals surface area contributed by atoms with Gasteiger partial charge in [0.1, 0.15) is 5.75 Å². The van der Waals surface area contributed by atoms with Crippen LogP contribution in [-0.4, -0.2) is 7.05 Å². The van der Waals surface area contributed by atoms with E-state index in [2.05, 4.69) is 19.2 Å². The Morgan fingerprint density at radius 1 is 1.05 bits per heavy atom. The summed E-state index contributed by atoms with van der Waals surface area (Å²) < 4.78 is 33.2. The van der Waals surface area contributed by atoms with Crippen molar-refractivity contribution >= 4 is 0 Å². The highest BCUT2D eigenvalue weighted by molar-refractivity contribution is 5.37. The van der Waals surface area contributed by atoms with Crippen LogP contribution in [-0.2, 0) is 6.54 Å². The second kappa shape index (κ2) is 6.68. The molecule has 0 radical (unpaired) electrons. The summed E-state index contributed by atoms with van der Waals surface area (Å²) in [6.45, 7) is 4.56. The summed E-state index contributed by atoms with van der Waals surface area (Å²) in [7, 11) is 1.72. The fourth-order valence-electron chi connectivity index (χ4n) is 2.05. The molecule has 2 rings (SSSR count). The first-order chi connectivity index (χ1) is 10.0. The minimum Gasteiger partial charge on any atom is -0.451 e. The van der Waals surface area contributed by atoms with Crippen molar-refractivity contribution in [1.29, 1.82) is 0 Å². The minimum absolute atomic E-state index is 0.368. The molecule has 0 aliphatic heterocycles. The van der Waals surface area contributed by atoms with Gasteiger partial charge in [0, 0.05) is 6.54 Å². The Hall–Kier alpha value is -1.94. The van der Waals surface area contributed by atoms with Crippen molar-refractivity contribution in [3.8, 4) is 11.5 Å². The largest absolute Gasteiger partial charge is 0.451 e. The van der Waals surface area contributed by atoms with Crippen LogP contribution in [0, 0.1) is 11.6 Å². The zero-order valence-corrected chi connectivity index (χ0v) is 12.4.